The molecule has 5 heteroatoms. The summed E-state index contributed by atoms with van der Waals surface area (Å²) in [5, 5.41) is 6.02. The molecule has 0 aliphatic rings. The van der Waals surface area contributed by atoms with E-state index in [2.05, 4.69) is 26.6 Å². The Bertz CT molecular complexity index is 371. The van der Waals surface area contributed by atoms with Crippen LogP contribution < -0.4 is 16.4 Å². The number of halogens is 1. The third-order valence-corrected chi connectivity index (χ3v) is 3.02. The van der Waals surface area contributed by atoms with Crippen LogP contribution in [0.2, 0.25) is 0 Å². The molecule has 0 aliphatic carbocycles. The van der Waals surface area contributed by atoms with Crippen molar-refractivity contribution in [2.45, 2.75) is 19.4 Å². The molecule has 0 fully saturated rings. The number of nitrogens with two attached hydrogens (primary N) is 1. The van der Waals surface area contributed by atoms with Gasteiger partial charge in [0.2, 0.25) is 5.91 Å². The van der Waals surface area contributed by atoms with Crippen molar-refractivity contribution >= 4 is 27.5 Å². The maximum absolute atomic E-state index is 11.5. The third-order valence-electron chi connectivity index (χ3n) is 2.32. The third kappa shape index (κ3) is 4.75. The van der Waals surface area contributed by atoms with Gasteiger partial charge in [-0.3, -0.25) is 4.79 Å². The number of hydrogen-bond donors (Lipinski definition) is 3. The Kier molecular flexibility index (Phi) is 6.00. The molecule has 0 saturated heterocycles. The SMILES string of the molecule is CCNC(=O)CC(CN)Nc1ccccc1Br. The van der Waals surface area contributed by atoms with Crippen LogP contribution in [-0.2, 0) is 4.79 Å². The molecule has 0 heterocycles. The quantitative estimate of drug-likeness (QED) is 0.749. The zero-order valence-electron chi connectivity index (χ0n) is 9.87. The van der Waals surface area contributed by atoms with Crippen molar-refractivity contribution in [3.63, 3.8) is 0 Å². The van der Waals surface area contributed by atoms with Crippen molar-refractivity contribution in [1.29, 1.82) is 0 Å². The van der Waals surface area contributed by atoms with E-state index in [4.69, 9.17) is 5.73 Å². The predicted molar refractivity (Wildman–Crippen MR) is 73.9 cm³/mol. The van der Waals surface area contributed by atoms with Crippen molar-refractivity contribution in [1.82, 2.24) is 5.32 Å². The van der Waals surface area contributed by atoms with Gasteiger partial charge in [-0.15, -0.1) is 0 Å². The Morgan fingerprint density at radius 1 is 1.47 bits per heavy atom. The van der Waals surface area contributed by atoms with E-state index in [1.807, 2.05) is 31.2 Å². The molecular formula is C12H18BrN3O. The largest absolute Gasteiger partial charge is 0.380 e. The van der Waals surface area contributed by atoms with E-state index in [0.717, 1.165) is 10.2 Å². The highest BCUT2D eigenvalue weighted by Gasteiger charge is 2.12. The Hall–Kier alpha value is -1.07. The molecule has 1 rings (SSSR count). The van der Waals surface area contributed by atoms with Crippen molar-refractivity contribution in [3.05, 3.63) is 28.7 Å². The normalized spacial score (nSPS) is 11.9. The number of anilines is 1. The van der Waals surface area contributed by atoms with Crippen molar-refractivity contribution in [3.8, 4) is 0 Å². The maximum Gasteiger partial charge on any atom is 0.222 e. The monoisotopic (exact) mass is 299 g/mol. The topological polar surface area (TPSA) is 67.2 Å². The van der Waals surface area contributed by atoms with E-state index >= 15 is 0 Å². The molecule has 0 radical (unpaired) electrons. The number of carbonyl (C=O) groups is 1. The first-order valence-corrected chi connectivity index (χ1v) is 6.44. The zero-order valence-corrected chi connectivity index (χ0v) is 11.5. The van der Waals surface area contributed by atoms with Gasteiger partial charge in [0.05, 0.1) is 0 Å². The Balaban J connectivity index is 2.58. The maximum atomic E-state index is 11.5. The summed E-state index contributed by atoms with van der Waals surface area (Å²) < 4.78 is 0.967. The standard InChI is InChI=1S/C12H18BrN3O/c1-2-15-12(17)7-9(8-14)16-11-6-4-3-5-10(11)13/h3-6,9,16H,2,7-8,14H2,1H3,(H,15,17). The summed E-state index contributed by atoms with van der Waals surface area (Å²) in [5.41, 5.74) is 6.61. The van der Waals surface area contributed by atoms with Gasteiger partial charge in [-0.2, -0.15) is 0 Å². The molecule has 0 aliphatic heterocycles. The zero-order chi connectivity index (χ0) is 12.7. The number of amides is 1. The van der Waals surface area contributed by atoms with E-state index in [1.165, 1.54) is 0 Å². The fraction of sp³-hybridized carbons (Fsp3) is 0.417. The van der Waals surface area contributed by atoms with E-state index in [-0.39, 0.29) is 11.9 Å². The molecular weight excluding hydrogens is 282 g/mol. The predicted octanol–water partition coefficient (Wildman–Crippen LogP) is 1.71. The fourth-order valence-electron chi connectivity index (χ4n) is 1.48. The summed E-state index contributed by atoms with van der Waals surface area (Å²) in [6.07, 6.45) is 0.381. The first-order valence-electron chi connectivity index (χ1n) is 5.65. The van der Waals surface area contributed by atoms with Crippen LogP contribution >= 0.6 is 15.9 Å². The van der Waals surface area contributed by atoms with Crippen LogP contribution in [0.3, 0.4) is 0 Å². The molecule has 0 bridgehead atoms. The number of carbonyl (C=O) groups excluding carboxylic acids is 1. The molecule has 1 unspecified atom stereocenters. The van der Waals surface area contributed by atoms with Crippen molar-refractivity contribution in [2.24, 2.45) is 5.73 Å². The minimum absolute atomic E-state index is 0.0162. The van der Waals surface area contributed by atoms with Gasteiger partial charge in [-0.25, -0.2) is 0 Å². The summed E-state index contributed by atoms with van der Waals surface area (Å²) in [6.45, 7) is 2.96. The lowest BCUT2D eigenvalue weighted by atomic mass is 10.2. The first kappa shape index (κ1) is 14.0. The lowest BCUT2D eigenvalue weighted by Gasteiger charge is -2.18. The van der Waals surface area contributed by atoms with Crippen molar-refractivity contribution in [2.75, 3.05) is 18.4 Å². The van der Waals surface area contributed by atoms with E-state index in [0.29, 0.717) is 19.5 Å². The molecule has 4 N–H and O–H groups in total. The second kappa shape index (κ2) is 7.29. The number of rotatable bonds is 6. The summed E-state index contributed by atoms with van der Waals surface area (Å²) in [6, 6.07) is 7.72. The lowest BCUT2D eigenvalue weighted by Crippen LogP contribution is -2.35. The average molecular weight is 300 g/mol. The lowest BCUT2D eigenvalue weighted by molar-refractivity contribution is -0.121. The van der Waals surface area contributed by atoms with E-state index < -0.39 is 0 Å². The molecule has 1 aromatic rings. The Morgan fingerprint density at radius 3 is 2.76 bits per heavy atom. The van der Waals surface area contributed by atoms with Gasteiger partial charge < -0.3 is 16.4 Å². The summed E-state index contributed by atoms with van der Waals surface area (Å²) >= 11 is 3.45. The molecule has 1 amide bonds. The van der Waals surface area contributed by atoms with Gasteiger partial charge in [0.1, 0.15) is 0 Å². The molecule has 94 valence electrons. The minimum atomic E-state index is -0.0553. The second-order valence-corrected chi connectivity index (χ2v) is 4.57. The van der Waals surface area contributed by atoms with Crippen LogP contribution in [0.4, 0.5) is 5.69 Å². The van der Waals surface area contributed by atoms with Gasteiger partial charge in [0.25, 0.3) is 0 Å². The average Bonchev–Trinajstić information content (AvgIpc) is 2.31. The van der Waals surface area contributed by atoms with E-state index in [9.17, 15) is 4.79 Å². The molecule has 17 heavy (non-hydrogen) atoms. The van der Waals surface area contributed by atoms with Gasteiger partial charge in [-0.05, 0) is 35.0 Å². The van der Waals surface area contributed by atoms with Crippen LogP contribution in [-0.4, -0.2) is 25.0 Å². The summed E-state index contributed by atoms with van der Waals surface area (Å²) in [5.74, 6) is 0.0162. The van der Waals surface area contributed by atoms with Gasteiger partial charge in [0.15, 0.2) is 0 Å². The van der Waals surface area contributed by atoms with E-state index in [1.54, 1.807) is 0 Å². The molecule has 0 spiro atoms. The van der Waals surface area contributed by atoms with Crippen LogP contribution in [0.15, 0.2) is 28.7 Å². The summed E-state index contributed by atoms with van der Waals surface area (Å²) in [4.78, 5) is 11.5. The smallest absolute Gasteiger partial charge is 0.222 e. The second-order valence-electron chi connectivity index (χ2n) is 3.71. The molecule has 4 nitrogen and oxygen atoms in total. The Labute approximate surface area is 110 Å². The highest BCUT2D eigenvalue weighted by Crippen LogP contribution is 2.22. The summed E-state index contributed by atoms with van der Waals surface area (Å²) in [7, 11) is 0. The highest BCUT2D eigenvalue weighted by molar-refractivity contribution is 9.10. The number of hydrogen-bond acceptors (Lipinski definition) is 3. The number of benzene rings is 1. The van der Waals surface area contributed by atoms with Gasteiger partial charge in [0, 0.05) is 35.7 Å². The van der Waals surface area contributed by atoms with Crippen LogP contribution in [0, 0.1) is 0 Å². The molecule has 0 aromatic heterocycles. The molecule has 0 saturated carbocycles. The van der Waals surface area contributed by atoms with Crippen LogP contribution in [0.5, 0.6) is 0 Å². The molecule has 1 aromatic carbocycles. The fourth-order valence-corrected chi connectivity index (χ4v) is 1.88. The van der Waals surface area contributed by atoms with Gasteiger partial charge >= 0.3 is 0 Å². The number of nitrogens with one attached hydrogen (secondary N) is 2. The number of para-hydroxylation sites is 1. The Morgan fingerprint density at radius 2 is 2.18 bits per heavy atom. The van der Waals surface area contributed by atoms with Crippen molar-refractivity contribution < 1.29 is 4.79 Å². The van der Waals surface area contributed by atoms with Crippen LogP contribution in [0.25, 0.3) is 0 Å². The van der Waals surface area contributed by atoms with Crippen LogP contribution in [0.1, 0.15) is 13.3 Å². The minimum Gasteiger partial charge on any atom is -0.380 e. The van der Waals surface area contributed by atoms with Gasteiger partial charge in [-0.1, -0.05) is 12.1 Å². The molecule has 1 atom stereocenters. The highest BCUT2D eigenvalue weighted by atomic mass is 79.9. The first-order chi connectivity index (χ1) is 8.17.